The molecule has 0 saturated heterocycles. The van der Waals surface area contributed by atoms with E-state index in [-0.39, 0.29) is 23.2 Å². The maximum Gasteiger partial charge on any atom is 0.261 e. The molecule has 0 radical (unpaired) electrons. The number of rotatable bonds is 8. The molecule has 3 aromatic carbocycles. The number of aliphatic hydroxyl groups excluding tert-OH is 1. The number of hydrogen-bond acceptors (Lipinski definition) is 3. The molecule has 1 saturated carbocycles. The van der Waals surface area contributed by atoms with Gasteiger partial charge < -0.3 is 14.3 Å². The average molecular weight is 473 g/mol. The molecule has 0 spiro atoms. The zero-order valence-corrected chi connectivity index (χ0v) is 21.4. The Morgan fingerprint density at radius 2 is 1.38 bits per heavy atom. The molecule has 4 atom stereocenters. The van der Waals surface area contributed by atoms with Crippen molar-refractivity contribution in [1.29, 1.82) is 0 Å². The van der Waals surface area contributed by atoms with Crippen molar-refractivity contribution in [3.05, 3.63) is 109 Å². The molecule has 1 N–H and O–H groups in total. The number of benzene rings is 3. The minimum Gasteiger partial charge on any atom is -0.401 e. The Hall–Kier alpha value is -2.50. The van der Waals surface area contributed by atoms with E-state index >= 15 is 0 Å². The second-order valence-corrected chi connectivity index (χ2v) is 14.5. The number of hydrogen-bond donors (Lipinski definition) is 1. The predicted molar refractivity (Wildman–Crippen MR) is 142 cm³/mol. The van der Waals surface area contributed by atoms with Crippen molar-refractivity contribution in [2.24, 2.45) is 5.92 Å². The van der Waals surface area contributed by atoms with E-state index in [1.54, 1.807) is 0 Å². The van der Waals surface area contributed by atoms with Crippen LogP contribution in [0.15, 0.2) is 104 Å². The zero-order valence-electron chi connectivity index (χ0n) is 20.4. The molecule has 1 aliphatic rings. The van der Waals surface area contributed by atoms with Gasteiger partial charge in [-0.05, 0) is 27.4 Å². The first-order chi connectivity index (χ1) is 16.4. The van der Waals surface area contributed by atoms with Gasteiger partial charge in [0, 0.05) is 5.92 Å². The molecule has 0 amide bonds. The Labute approximate surface area is 205 Å². The maximum absolute atomic E-state index is 11.5. The van der Waals surface area contributed by atoms with Crippen LogP contribution in [0.3, 0.4) is 0 Å². The molecular weight excluding hydrogens is 436 g/mol. The molecule has 3 aromatic rings. The van der Waals surface area contributed by atoms with E-state index in [0.29, 0.717) is 13.0 Å². The van der Waals surface area contributed by atoms with Gasteiger partial charge in [-0.3, -0.25) is 0 Å². The van der Waals surface area contributed by atoms with E-state index in [2.05, 4.69) is 75.9 Å². The summed E-state index contributed by atoms with van der Waals surface area (Å²) in [7, 11) is -2.79. The lowest BCUT2D eigenvalue weighted by Gasteiger charge is -2.46. The largest absolute Gasteiger partial charge is 0.401 e. The van der Waals surface area contributed by atoms with Gasteiger partial charge in [-0.1, -0.05) is 118 Å². The molecule has 3 nitrogen and oxygen atoms in total. The third-order valence-corrected chi connectivity index (χ3v) is 12.0. The van der Waals surface area contributed by atoms with E-state index in [1.165, 1.54) is 10.4 Å². The highest BCUT2D eigenvalue weighted by atomic mass is 28.4. The molecule has 178 valence electrons. The lowest BCUT2D eigenvalue weighted by atomic mass is 10.1. The minimum atomic E-state index is -2.79. The molecule has 4 heteroatoms. The van der Waals surface area contributed by atoms with Crippen LogP contribution in [0, 0.1) is 5.92 Å². The Kier molecular flexibility index (Phi) is 7.53. The van der Waals surface area contributed by atoms with Crippen molar-refractivity contribution in [2.75, 3.05) is 0 Å². The fourth-order valence-corrected chi connectivity index (χ4v) is 9.97. The van der Waals surface area contributed by atoms with Crippen LogP contribution >= 0.6 is 0 Å². The fourth-order valence-electron chi connectivity index (χ4n) is 5.23. The lowest BCUT2D eigenvalue weighted by Crippen LogP contribution is -2.68. The van der Waals surface area contributed by atoms with Gasteiger partial charge in [0.15, 0.2) is 0 Å². The van der Waals surface area contributed by atoms with Crippen molar-refractivity contribution in [3.8, 4) is 0 Å². The Bertz CT molecular complexity index is 1010. The molecule has 4 rings (SSSR count). The van der Waals surface area contributed by atoms with Crippen LogP contribution in [0.25, 0.3) is 0 Å². The van der Waals surface area contributed by atoms with Crippen LogP contribution < -0.4 is 10.4 Å². The van der Waals surface area contributed by atoms with E-state index in [1.807, 2.05) is 48.5 Å². The summed E-state index contributed by atoms with van der Waals surface area (Å²) in [6.07, 6.45) is 1.21. The van der Waals surface area contributed by atoms with Gasteiger partial charge in [0.1, 0.15) is 6.10 Å². The summed E-state index contributed by atoms with van der Waals surface area (Å²) in [6.45, 7) is 11.3. The molecule has 34 heavy (non-hydrogen) atoms. The third-order valence-electron chi connectivity index (χ3n) is 6.98. The van der Waals surface area contributed by atoms with E-state index in [4.69, 9.17) is 9.16 Å². The summed E-state index contributed by atoms with van der Waals surface area (Å²) in [5, 5.41) is 13.7. The Morgan fingerprint density at radius 3 is 1.85 bits per heavy atom. The molecular formula is C30H36O3Si. The zero-order chi connectivity index (χ0) is 24.2. The van der Waals surface area contributed by atoms with Crippen molar-refractivity contribution < 1.29 is 14.3 Å². The summed E-state index contributed by atoms with van der Waals surface area (Å²) in [5.41, 5.74) is 1.10. The summed E-state index contributed by atoms with van der Waals surface area (Å²) >= 11 is 0. The van der Waals surface area contributed by atoms with Gasteiger partial charge in [0.05, 0.1) is 18.8 Å². The van der Waals surface area contributed by atoms with Crippen molar-refractivity contribution in [1.82, 2.24) is 0 Å². The molecule has 0 heterocycles. The molecule has 0 aromatic heterocycles. The van der Waals surface area contributed by atoms with Crippen LogP contribution in [0.2, 0.25) is 5.04 Å². The normalized spacial score (nSPS) is 23.1. The first kappa shape index (κ1) is 24.6. The lowest BCUT2D eigenvalue weighted by molar-refractivity contribution is -0.0576. The molecule has 0 unspecified atom stereocenters. The molecule has 0 aliphatic heterocycles. The highest BCUT2D eigenvalue weighted by molar-refractivity contribution is 6.99. The minimum absolute atomic E-state index is 0.0115. The van der Waals surface area contributed by atoms with Gasteiger partial charge >= 0.3 is 0 Å². The first-order valence-corrected chi connectivity index (χ1v) is 14.0. The Balaban J connectivity index is 1.69. The maximum atomic E-state index is 11.5. The Morgan fingerprint density at radius 1 is 0.882 bits per heavy atom. The van der Waals surface area contributed by atoms with Crippen LogP contribution in [0.5, 0.6) is 0 Å². The SMILES string of the molecule is C=C[C@H]1C[C@H](OCc2ccccc2)[C@H](O)[C@@H]1O[Si](c1ccccc1)(c1ccccc1)C(C)(C)C. The average Bonchev–Trinajstić information content (AvgIpc) is 3.16. The molecule has 0 bridgehead atoms. The standard InChI is InChI=1S/C30H36O3Si/c1-5-24-21-27(32-22-23-15-9-6-10-16-23)28(31)29(24)33-34(30(2,3)4,25-17-11-7-12-18-25)26-19-13-8-14-20-26/h5-20,24,27-29,31H,1,21-22H2,2-4H3/t24-,27-,28-,29+/m0/s1. The second kappa shape index (κ2) is 10.4. The topological polar surface area (TPSA) is 38.7 Å². The van der Waals surface area contributed by atoms with Crippen LogP contribution in [-0.2, 0) is 15.8 Å². The van der Waals surface area contributed by atoms with Crippen molar-refractivity contribution in [3.63, 3.8) is 0 Å². The number of ether oxygens (including phenoxy) is 1. The monoisotopic (exact) mass is 472 g/mol. The van der Waals surface area contributed by atoms with E-state index in [9.17, 15) is 5.11 Å². The highest BCUT2D eigenvalue weighted by Crippen LogP contribution is 2.42. The summed E-state index contributed by atoms with van der Waals surface area (Å²) in [4.78, 5) is 0. The van der Waals surface area contributed by atoms with Crippen molar-refractivity contribution >= 4 is 18.7 Å². The summed E-state index contributed by atoms with van der Waals surface area (Å²) < 4.78 is 13.5. The van der Waals surface area contributed by atoms with Gasteiger partial charge in [0.25, 0.3) is 8.32 Å². The molecule has 1 fully saturated rings. The third kappa shape index (κ3) is 4.82. The second-order valence-electron chi connectivity index (χ2n) is 10.2. The summed E-state index contributed by atoms with van der Waals surface area (Å²) in [6, 6.07) is 31.2. The van der Waals surface area contributed by atoms with E-state index in [0.717, 1.165) is 5.56 Å². The smallest absolute Gasteiger partial charge is 0.261 e. The van der Waals surface area contributed by atoms with Crippen LogP contribution in [0.1, 0.15) is 32.8 Å². The first-order valence-electron chi connectivity index (χ1n) is 12.1. The highest BCUT2D eigenvalue weighted by Gasteiger charge is 2.55. The summed E-state index contributed by atoms with van der Waals surface area (Å²) in [5.74, 6) is 0.0115. The quantitative estimate of drug-likeness (QED) is 0.367. The fraction of sp³-hybridized carbons (Fsp3) is 0.333. The predicted octanol–water partition coefficient (Wildman–Crippen LogP) is 5.08. The van der Waals surface area contributed by atoms with Gasteiger partial charge in [0.2, 0.25) is 0 Å². The van der Waals surface area contributed by atoms with Crippen LogP contribution in [0.4, 0.5) is 0 Å². The van der Waals surface area contributed by atoms with Gasteiger partial charge in [-0.2, -0.15) is 0 Å². The van der Waals surface area contributed by atoms with Crippen LogP contribution in [-0.4, -0.2) is 31.7 Å². The van der Waals surface area contributed by atoms with Gasteiger partial charge in [-0.25, -0.2) is 0 Å². The van der Waals surface area contributed by atoms with Crippen molar-refractivity contribution in [2.45, 2.75) is 57.1 Å². The molecule has 1 aliphatic carbocycles. The van der Waals surface area contributed by atoms with E-state index < -0.39 is 14.4 Å². The van der Waals surface area contributed by atoms with Gasteiger partial charge in [-0.15, -0.1) is 6.58 Å². The number of aliphatic hydroxyl groups is 1.